The summed E-state index contributed by atoms with van der Waals surface area (Å²) in [6, 6.07) is 8.82. The van der Waals surface area contributed by atoms with Gasteiger partial charge in [0.2, 0.25) is 5.91 Å². The molecule has 1 aromatic heterocycles. The van der Waals surface area contributed by atoms with Crippen LogP contribution in [0.1, 0.15) is 21.5 Å². The van der Waals surface area contributed by atoms with E-state index >= 15 is 0 Å². The highest BCUT2D eigenvalue weighted by molar-refractivity contribution is 6.34. The van der Waals surface area contributed by atoms with Crippen molar-refractivity contribution >= 4 is 34.8 Å². The molecule has 0 aliphatic carbocycles. The summed E-state index contributed by atoms with van der Waals surface area (Å²) in [5.74, 6) is -0.450. The van der Waals surface area contributed by atoms with Gasteiger partial charge in [0.25, 0.3) is 0 Å². The molecule has 0 unspecified atom stereocenters. The highest BCUT2D eigenvalue weighted by Crippen LogP contribution is 2.26. The summed E-state index contributed by atoms with van der Waals surface area (Å²) >= 11 is 11.9. The number of nitrogens with zero attached hydrogens (tertiary/aromatic N) is 1. The lowest BCUT2D eigenvalue weighted by Gasteiger charge is -2.11. The fourth-order valence-electron chi connectivity index (χ4n) is 1.83. The number of anilines is 1. The second kappa shape index (κ2) is 6.11. The van der Waals surface area contributed by atoms with Gasteiger partial charge in [-0.15, -0.1) is 0 Å². The maximum atomic E-state index is 11.1. The van der Waals surface area contributed by atoms with Gasteiger partial charge in [-0.2, -0.15) is 0 Å². The van der Waals surface area contributed by atoms with E-state index in [9.17, 15) is 4.79 Å². The molecular weight excluding hydrogens is 297 g/mol. The monoisotopic (exact) mass is 309 g/mol. The number of carbonyl (C=O) groups is 1. The van der Waals surface area contributed by atoms with E-state index in [-0.39, 0.29) is 0 Å². The molecule has 1 aromatic carbocycles. The maximum absolute atomic E-state index is 11.1. The molecule has 0 bridgehead atoms. The van der Waals surface area contributed by atoms with Crippen LogP contribution in [0.3, 0.4) is 0 Å². The number of aryl methyl sites for hydroxylation is 1. The van der Waals surface area contributed by atoms with Gasteiger partial charge in [-0.05, 0) is 36.2 Å². The summed E-state index contributed by atoms with van der Waals surface area (Å²) < 4.78 is 0. The number of amides is 1. The van der Waals surface area contributed by atoms with E-state index in [2.05, 4.69) is 10.3 Å². The Balaban J connectivity index is 2.17. The number of benzene rings is 1. The average Bonchev–Trinajstić information content (AvgIpc) is 2.37. The Morgan fingerprint density at radius 1 is 1.35 bits per heavy atom. The smallest absolute Gasteiger partial charge is 0.248 e. The molecule has 1 amide bonds. The number of halogens is 2. The molecule has 1 heterocycles. The highest BCUT2D eigenvalue weighted by Gasteiger charge is 2.08. The predicted octanol–water partition coefficient (Wildman–Crippen LogP) is 3.41. The van der Waals surface area contributed by atoms with Gasteiger partial charge >= 0.3 is 0 Å². The van der Waals surface area contributed by atoms with E-state index in [0.717, 1.165) is 16.8 Å². The van der Waals surface area contributed by atoms with Crippen molar-refractivity contribution in [1.29, 1.82) is 0 Å². The lowest BCUT2D eigenvalue weighted by Crippen LogP contribution is -2.11. The molecule has 0 atom stereocenters. The van der Waals surface area contributed by atoms with Crippen LogP contribution in [0.2, 0.25) is 10.3 Å². The van der Waals surface area contributed by atoms with Crippen LogP contribution in [-0.4, -0.2) is 10.9 Å². The summed E-state index contributed by atoms with van der Waals surface area (Å²) in [6.07, 6.45) is 0. The molecule has 0 saturated heterocycles. The van der Waals surface area contributed by atoms with Crippen molar-refractivity contribution in [3.05, 3.63) is 57.3 Å². The largest absolute Gasteiger partial charge is 0.378 e. The summed E-state index contributed by atoms with van der Waals surface area (Å²) in [4.78, 5) is 15.1. The van der Waals surface area contributed by atoms with Crippen LogP contribution in [0.4, 0.5) is 5.69 Å². The van der Waals surface area contributed by atoms with E-state index in [1.54, 1.807) is 24.3 Å². The molecule has 104 valence electrons. The number of carbonyl (C=O) groups excluding carboxylic acids is 1. The van der Waals surface area contributed by atoms with Gasteiger partial charge in [-0.1, -0.05) is 35.3 Å². The normalized spacial score (nSPS) is 10.3. The summed E-state index contributed by atoms with van der Waals surface area (Å²) in [7, 11) is 0. The number of primary amides is 1. The minimum absolute atomic E-state index is 0.320. The number of rotatable bonds is 4. The first-order chi connectivity index (χ1) is 9.47. The molecule has 2 aromatic rings. The van der Waals surface area contributed by atoms with Gasteiger partial charge < -0.3 is 11.1 Å². The summed E-state index contributed by atoms with van der Waals surface area (Å²) in [5, 5.41) is 3.86. The fraction of sp³-hybridized carbons (Fsp3) is 0.143. The van der Waals surface area contributed by atoms with Gasteiger partial charge in [0, 0.05) is 12.1 Å². The zero-order valence-corrected chi connectivity index (χ0v) is 12.3. The standard InChI is InChI=1S/C14H13Cl2N3O/c1-8-5-11(15)19-13(16)12(8)18-7-9-3-2-4-10(6-9)14(17)20/h2-6,18H,7H2,1H3,(H2,17,20). The lowest BCUT2D eigenvalue weighted by atomic mass is 10.1. The minimum Gasteiger partial charge on any atom is -0.378 e. The number of nitrogens with two attached hydrogens (primary N) is 1. The number of nitrogens with one attached hydrogen (secondary N) is 1. The van der Waals surface area contributed by atoms with Crippen molar-refractivity contribution in [3.8, 4) is 0 Å². The van der Waals surface area contributed by atoms with Crippen LogP contribution < -0.4 is 11.1 Å². The average molecular weight is 310 g/mol. The van der Waals surface area contributed by atoms with Gasteiger partial charge in [-0.25, -0.2) is 4.98 Å². The molecule has 2 rings (SSSR count). The first-order valence-corrected chi connectivity index (χ1v) is 6.68. The van der Waals surface area contributed by atoms with Gasteiger partial charge in [-0.3, -0.25) is 4.79 Å². The first-order valence-electron chi connectivity index (χ1n) is 5.92. The third-order valence-corrected chi connectivity index (χ3v) is 3.29. The van der Waals surface area contributed by atoms with E-state index in [0.29, 0.717) is 22.4 Å². The number of hydrogen-bond acceptors (Lipinski definition) is 3. The number of hydrogen-bond donors (Lipinski definition) is 2. The molecule has 3 N–H and O–H groups in total. The Morgan fingerprint density at radius 2 is 2.10 bits per heavy atom. The molecule has 4 nitrogen and oxygen atoms in total. The lowest BCUT2D eigenvalue weighted by molar-refractivity contribution is 0.1000. The van der Waals surface area contributed by atoms with Crippen molar-refractivity contribution in [2.45, 2.75) is 13.5 Å². The Bertz CT molecular complexity index is 636. The van der Waals surface area contributed by atoms with Crippen LogP contribution >= 0.6 is 23.2 Å². The second-order valence-corrected chi connectivity index (χ2v) is 5.09. The summed E-state index contributed by atoms with van der Waals surface area (Å²) in [6.45, 7) is 2.40. The van der Waals surface area contributed by atoms with E-state index in [4.69, 9.17) is 28.9 Å². The molecule has 0 aliphatic heterocycles. The molecule has 0 fully saturated rings. The quantitative estimate of drug-likeness (QED) is 0.850. The van der Waals surface area contributed by atoms with Crippen molar-refractivity contribution in [1.82, 2.24) is 4.98 Å². The van der Waals surface area contributed by atoms with Crippen molar-refractivity contribution in [3.63, 3.8) is 0 Å². The van der Waals surface area contributed by atoms with Crippen LogP contribution in [0.25, 0.3) is 0 Å². The third kappa shape index (κ3) is 3.40. The van der Waals surface area contributed by atoms with Crippen molar-refractivity contribution in [2.75, 3.05) is 5.32 Å². The SMILES string of the molecule is Cc1cc(Cl)nc(Cl)c1NCc1cccc(C(N)=O)c1. The molecule has 20 heavy (non-hydrogen) atoms. The number of aromatic nitrogens is 1. The minimum atomic E-state index is -0.450. The Morgan fingerprint density at radius 3 is 2.75 bits per heavy atom. The van der Waals surface area contributed by atoms with Gasteiger partial charge in [0.05, 0.1) is 5.69 Å². The first kappa shape index (κ1) is 14.6. The molecule has 0 spiro atoms. The van der Waals surface area contributed by atoms with Crippen molar-refractivity contribution < 1.29 is 4.79 Å². The predicted molar refractivity (Wildman–Crippen MR) is 81.3 cm³/mol. The van der Waals surface area contributed by atoms with E-state index in [1.165, 1.54) is 0 Å². The van der Waals surface area contributed by atoms with Crippen LogP contribution in [0.15, 0.2) is 30.3 Å². The van der Waals surface area contributed by atoms with E-state index in [1.807, 2.05) is 13.0 Å². The van der Waals surface area contributed by atoms with E-state index < -0.39 is 5.91 Å². The molecule has 0 radical (unpaired) electrons. The fourth-order valence-corrected chi connectivity index (χ4v) is 2.43. The zero-order valence-electron chi connectivity index (χ0n) is 10.8. The Kier molecular flexibility index (Phi) is 4.47. The van der Waals surface area contributed by atoms with Gasteiger partial charge in [0.1, 0.15) is 5.15 Å². The summed E-state index contributed by atoms with van der Waals surface area (Å²) in [5.41, 5.74) is 8.27. The topological polar surface area (TPSA) is 68.0 Å². The molecule has 6 heteroatoms. The zero-order chi connectivity index (χ0) is 14.7. The van der Waals surface area contributed by atoms with Crippen molar-refractivity contribution in [2.24, 2.45) is 5.73 Å². The maximum Gasteiger partial charge on any atom is 0.248 e. The highest BCUT2D eigenvalue weighted by atomic mass is 35.5. The van der Waals surface area contributed by atoms with Crippen LogP contribution in [0.5, 0.6) is 0 Å². The Labute approximate surface area is 126 Å². The molecular formula is C14H13Cl2N3O. The third-order valence-electron chi connectivity index (χ3n) is 2.82. The second-order valence-electron chi connectivity index (χ2n) is 4.35. The molecule has 0 saturated carbocycles. The Hall–Kier alpha value is -1.78. The number of pyridine rings is 1. The van der Waals surface area contributed by atoms with Crippen LogP contribution in [-0.2, 0) is 6.54 Å². The van der Waals surface area contributed by atoms with Gasteiger partial charge in [0.15, 0.2) is 5.15 Å². The van der Waals surface area contributed by atoms with Crippen LogP contribution in [0, 0.1) is 6.92 Å². The molecule has 0 aliphatic rings.